The van der Waals surface area contributed by atoms with Crippen LogP contribution in [-0.4, -0.2) is 40.8 Å². The van der Waals surface area contributed by atoms with Crippen molar-refractivity contribution in [3.63, 3.8) is 0 Å². The van der Waals surface area contributed by atoms with Gasteiger partial charge in [0.2, 0.25) is 0 Å². The number of halogens is 1. The molecule has 3 aromatic rings. The van der Waals surface area contributed by atoms with Gasteiger partial charge in [-0.25, -0.2) is 9.37 Å². The summed E-state index contributed by atoms with van der Waals surface area (Å²) < 4.78 is 15.9. The Bertz CT molecular complexity index is 880. The van der Waals surface area contributed by atoms with E-state index in [0.717, 1.165) is 49.0 Å². The standard InChI is InChI=1S/C18H20FN5/c1-13-12-18(24-17(20-13)11-14(2)21-24)23-9-7-22(8-10-23)16-6-4-3-5-15(16)19/h3-6,11-12H,7-10H2,1-2H3. The molecule has 0 bridgehead atoms. The first-order valence-electron chi connectivity index (χ1n) is 8.20. The van der Waals surface area contributed by atoms with Crippen LogP contribution in [0.5, 0.6) is 0 Å². The van der Waals surface area contributed by atoms with E-state index in [-0.39, 0.29) is 5.82 Å². The van der Waals surface area contributed by atoms with Crippen molar-refractivity contribution in [2.24, 2.45) is 0 Å². The van der Waals surface area contributed by atoms with E-state index in [4.69, 9.17) is 0 Å². The van der Waals surface area contributed by atoms with Crippen molar-refractivity contribution in [3.05, 3.63) is 53.6 Å². The molecule has 0 spiro atoms. The summed E-state index contributed by atoms with van der Waals surface area (Å²) in [4.78, 5) is 8.94. The number of rotatable bonds is 2. The zero-order chi connectivity index (χ0) is 16.7. The molecule has 0 amide bonds. The van der Waals surface area contributed by atoms with E-state index in [9.17, 15) is 4.39 Å². The molecule has 0 radical (unpaired) electrons. The van der Waals surface area contributed by atoms with Gasteiger partial charge in [0.25, 0.3) is 0 Å². The predicted molar refractivity (Wildman–Crippen MR) is 93.3 cm³/mol. The Morgan fingerprint density at radius 2 is 1.62 bits per heavy atom. The van der Waals surface area contributed by atoms with Crippen LogP contribution < -0.4 is 9.80 Å². The molecule has 6 heteroatoms. The first kappa shape index (κ1) is 14.9. The molecule has 1 aromatic carbocycles. The number of nitrogens with zero attached hydrogens (tertiary/aromatic N) is 5. The molecule has 0 saturated carbocycles. The van der Waals surface area contributed by atoms with Crippen molar-refractivity contribution >= 4 is 17.2 Å². The molecule has 1 saturated heterocycles. The summed E-state index contributed by atoms with van der Waals surface area (Å²) in [5.74, 6) is 0.898. The van der Waals surface area contributed by atoms with E-state index in [2.05, 4.69) is 25.9 Å². The first-order chi connectivity index (χ1) is 11.6. The fraction of sp³-hybridized carbons (Fsp3) is 0.333. The zero-order valence-corrected chi connectivity index (χ0v) is 13.9. The topological polar surface area (TPSA) is 36.7 Å². The average molecular weight is 325 g/mol. The third-order valence-electron chi connectivity index (χ3n) is 4.46. The Hall–Kier alpha value is -2.63. The minimum atomic E-state index is -0.157. The van der Waals surface area contributed by atoms with Gasteiger partial charge in [0.1, 0.15) is 11.6 Å². The van der Waals surface area contributed by atoms with E-state index in [0.29, 0.717) is 5.69 Å². The highest BCUT2D eigenvalue weighted by molar-refractivity contribution is 5.54. The number of aromatic nitrogens is 3. The van der Waals surface area contributed by atoms with E-state index >= 15 is 0 Å². The molecule has 1 aliphatic rings. The van der Waals surface area contributed by atoms with Crippen LogP contribution in [0.3, 0.4) is 0 Å². The molecular formula is C18H20FN5. The lowest BCUT2D eigenvalue weighted by Crippen LogP contribution is -2.47. The van der Waals surface area contributed by atoms with Gasteiger partial charge in [-0.05, 0) is 26.0 Å². The third-order valence-corrected chi connectivity index (χ3v) is 4.46. The third kappa shape index (κ3) is 2.58. The maximum atomic E-state index is 14.0. The normalized spacial score (nSPS) is 15.3. The number of piperazine rings is 1. The Kier molecular flexibility index (Phi) is 3.59. The average Bonchev–Trinajstić information content (AvgIpc) is 2.95. The largest absolute Gasteiger partial charge is 0.366 e. The van der Waals surface area contributed by atoms with Gasteiger partial charge >= 0.3 is 0 Å². The number of hydrogen-bond acceptors (Lipinski definition) is 4. The van der Waals surface area contributed by atoms with Crippen molar-refractivity contribution in [1.29, 1.82) is 0 Å². The van der Waals surface area contributed by atoms with Crippen LogP contribution in [0.15, 0.2) is 36.4 Å². The lowest BCUT2D eigenvalue weighted by Gasteiger charge is -2.37. The monoisotopic (exact) mass is 325 g/mol. The molecule has 4 rings (SSSR count). The van der Waals surface area contributed by atoms with E-state index in [1.54, 1.807) is 6.07 Å². The number of anilines is 2. The highest BCUT2D eigenvalue weighted by Crippen LogP contribution is 2.23. The Morgan fingerprint density at radius 1 is 0.917 bits per heavy atom. The fourth-order valence-corrected chi connectivity index (χ4v) is 3.30. The Morgan fingerprint density at radius 3 is 2.38 bits per heavy atom. The number of benzene rings is 1. The minimum absolute atomic E-state index is 0.157. The molecule has 2 aromatic heterocycles. The molecule has 3 heterocycles. The second kappa shape index (κ2) is 5.78. The lowest BCUT2D eigenvalue weighted by atomic mass is 10.2. The summed E-state index contributed by atoms with van der Waals surface area (Å²) in [5, 5.41) is 4.56. The predicted octanol–water partition coefficient (Wildman–Crippen LogP) is 2.81. The summed E-state index contributed by atoms with van der Waals surface area (Å²) in [6.45, 7) is 7.19. The molecule has 1 fully saturated rings. The minimum Gasteiger partial charge on any atom is -0.366 e. The molecular weight excluding hydrogens is 305 g/mol. The van der Waals surface area contributed by atoms with Crippen LogP contribution in [0.25, 0.3) is 5.65 Å². The highest BCUT2D eigenvalue weighted by Gasteiger charge is 2.21. The quantitative estimate of drug-likeness (QED) is 0.726. The van der Waals surface area contributed by atoms with Gasteiger partial charge in [0, 0.05) is 44.0 Å². The summed E-state index contributed by atoms with van der Waals surface area (Å²) in [7, 11) is 0. The van der Waals surface area contributed by atoms with Crippen LogP contribution in [0.2, 0.25) is 0 Å². The van der Waals surface area contributed by atoms with Crippen molar-refractivity contribution in [2.75, 3.05) is 36.0 Å². The fourth-order valence-electron chi connectivity index (χ4n) is 3.30. The van der Waals surface area contributed by atoms with E-state index in [1.807, 2.05) is 36.6 Å². The highest BCUT2D eigenvalue weighted by atomic mass is 19.1. The second-order valence-electron chi connectivity index (χ2n) is 6.24. The molecule has 24 heavy (non-hydrogen) atoms. The van der Waals surface area contributed by atoms with Gasteiger partial charge in [-0.15, -0.1) is 0 Å². The van der Waals surface area contributed by atoms with Crippen molar-refractivity contribution in [1.82, 2.24) is 14.6 Å². The molecule has 0 N–H and O–H groups in total. The summed E-state index contributed by atoms with van der Waals surface area (Å²) >= 11 is 0. The Labute approximate surface area is 140 Å². The number of aryl methyl sites for hydroxylation is 2. The van der Waals surface area contributed by atoms with Gasteiger partial charge in [-0.3, -0.25) is 0 Å². The maximum absolute atomic E-state index is 14.0. The molecule has 1 aliphatic heterocycles. The summed E-state index contributed by atoms with van der Waals surface area (Å²) in [6, 6.07) is 11.0. The molecule has 5 nitrogen and oxygen atoms in total. The molecule has 0 aliphatic carbocycles. The molecule has 0 atom stereocenters. The number of fused-ring (bicyclic) bond motifs is 1. The van der Waals surface area contributed by atoms with Gasteiger partial charge in [0.05, 0.1) is 11.4 Å². The smallest absolute Gasteiger partial charge is 0.157 e. The van der Waals surface area contributed by atoms with E-state index < -0.39 is 0 Å². The van der Waals surface area contributed by atoms with Crippen LogP contribution >= 0.6 is 0 Å². The Balaban J connectivity index is 1.59. The van der Waals surface area contributed by atoms with Gasteiger partial charge in [0.15, 0.2) is 5.65 Å². The van der Waals surface area contributed by atoms with Crippen LogP contribution in [-0.2, 0) is 0 Å². The summed E-state index contributed by atoms with van der Waals surface area (Å²) in [6.07, 6.45) is 0. The van der Waals surface area contributed by atoms with Crippen LogP contribution in [0.1, 0.15) is 11.4 Å². The van der Waals surface area contributed by atoms with E-state index in [1.165, 1.54) is 6.07 Å². The van der Waals surface area contributed by atoms with Crippen molar-refractivity contribution in [2.45, 2.75) is 13.8 Å². The first-order valence-corrected chi connectivity index (χ1v) is 8.20. The number of para-hydroxylation sites is 1. The van der Waals surface area contributed by atoms with Crippen LogP contribution in [0, 0.1) is 19.7 Å². The lowest BCUT2D eigenvalue weighted by molar-refractivity contribution is 0.593. The molecule has 0 unspecified atom stereocenters. The number of hydrogen-bond donors (Lipinski definition) is 0. The van der Waals surface area contributed by atoms with Gasteiger partial charge in [-0.1, -0.05) is 12.1 Å². The molecule has 124 valence electrons. The SMILES string of the molecule is Cc1cc(N2CCN(c3ccccc3F)CC2)n2nc(C)cc2n1. The van der Waals surface area contributed by atoms with Gasteiger partial charge < -0.3 is 9.80 Å². The van der Waals surface area contributed by atoms with Gasteiger partial charge in [-0.2, -0.15) is 9.61 Å². The summed E-state index contributed by atoms with van der Waals surface area (Å²) in [5.41, 5.74) is 3.50. The second-order valence-corrected chi connectivity index (χ2v) is 6.24. The maximum Gasteiger partial charge on any atom is 0.157 e. The van der Waals surface area contributed by atoms with Crippen molar-refractivity contribution < 1.29 is 4.39 Å². The van der Waals surface area contributed by atoms with Crippen LogP contribution in [0.4, 0.5) is 15.9 Å². The van der Waals surface area contributed by atoms with Crippen molar-refractivity contribution in [3.8, 4) is 0 Å². The zero-order valence-electron chi connectivity index (χ0n) is 13.9.